The Bertz CT molecular complexity index is 443. The second kappa shape index (κ2) is 5.45. The summed E-state index contributed by atoms with van der Waals surface area (Å²) in [5.74, 6) is -0.413. The van der Waals surface area contributed by atoms with Crippen molar-refractivity contribution in [1.29, 1.82) is 0 Å². The van der Waals surface area contributed by atoms with Gasteiger partial charge in [-0.3, -0.25) is 20.3 Å². The molecule has 0 aliphatic heterocycles. The van der Waals surface area contributed by atoms with Crippen molar-refractivity contribution in [2.24, 2.45) is 0 Å². The third-order valence-corrected chi connectivity index (χ3v) is 1.69. The van der Waals surface area contributed by atoms with Crippen molar-refractivity contribution in [1.82, 2.24) is 10.9 Å². The summed E-state index contributed by atoms with van der Waals surface area (Å²) in [5, 5.41) is 12.7. The normalized spacial score (nSPS) is 9.24. The van der Waals surface area contributed by atoms with Crippen molar-refractivity contribution in [3.8, 4) is 0 Å². The van der Waals surface area contributed by atoms with Gasteiger partial charge in [0.1, 0.15) is 0 Å². The van der Waals surface area contributed by atoms with E-state index in [0.717, 1.165) is 0 Å². The molecule has 0 unspecified atom stereocenters. The van der Waals surface area contributed by atoms with Crippen LogP contribution in [0.5, 0.6) is 0 Å². The Labute approximate surface area is 96.1 Å². The fourth-order valence-corrected chi connectivity index (χ4v) is 0.974. The number of urea groups is 1. The minimum atomic E-state index is -0.644. The van der Waals surface area contributed by atoms with E-state index in [1.54, 1.807) is 0 Å². The minimum absolute atomic E-state index is 0.0715. The average Bonchev–Trinajstić information content (AvgIpc) is 2.27. The summed E-state index contributed by atoms with van der Waals surface area (Å²) in [6, 6.07) is 4.63. The first kappa shape index (κ1) is 12.4. The van der Waals surface area contributed by atoms with Crippen LogP contribution in [-0.4, -0.2) is 16.9 Å². The highest BCUT2D eigenvalue weighted by Crippen LogP contribution is 2.14. The molecule has 8 nitrogen and oxygen atoms in total. The molecule has 90 valence electrons. The quantitative estimate of drug-likeness (QED) is 0.521. The number of rotatable bonds is 2. The van der Waals surface area contributed by atoms with Crippen LogP contribution >= 0.6 is 0 Å². The molecule has 0 heterocycles. The van der Waals surface area contributed by atoms with E-state index < -0.39 is 16.9 Å². The van der Waals surface area contributed by atoms with Gasteiger partial charge in [0, 0.05) is 24.7 Å². The third kappa shape index (κ3) is 4.16. The molecule has 0 spiro atoms. The van der Waals surface area contributed by atoms with Gasteiger partial charge in [-0.2, -0.15) is 0 Å². The lowest BCUT2D eigenvalue weighted by Crippen LogP contribution is -2.42. The number of nitro groups is 1. The molecule has 1 aromatic carbocycles. The molecule has 0 saturated heterocycles. The van der Waals surface area contributed by atoms with E-state index in [0.29, 0.717) is 5.69 Å². The first-order valence-electron chi connectivity index (χ1n) is 4.57. The zero-order valence-electron chi connectivity index (χ0n) is 8.89. The number of nitrogens with one attached hydrogen (secondary N) is 3. The van der Waals surface area contributed by atoms with Crippen molar-refractivity contribution < 1.29 is 14.5 Å². The molecule has 0 aromatic heterocycles. The van der Waals surface area contributed by atoms with Gasteiger partial charge in [-0.1, -0.05) is 0 Å². The van der Waals surface area contributed by atoms with Gasteiger partial charge in [0.25, 0.3) is 5.69 Å². The predicted molar refractivity (Wildman–Crippen MR) is 59.1 cm³/mol. The number of non-ortho nitro benzene ring substituents is 1. The lowest BCUT2D eigenvalue weighted by Gasteiger charge is -2.06. The van der Waals surface area contributed by atoms with Crippen molar-refractivity contribution in [3.63, 3.8) is 0 Å². The molecule has 3 amide bonds. The van der Waals surface area contributed by atoms with Gasteiger partial charge in [0.15, 0.2) is 0 Å². The Balaban J connectivity index is 2.54. The van der Waals surface area contributed by atoms with Gasteiger partial charge in [0.05, 0.1) is 4.92 Å². The molecular formula is C9H10N4O4. The third-order valence-electron chi connectivity index (χ3n) is 1.69. The molecule has 0 aliphatic rings. The lowest BCUT2D eigenvalue weighted by molar-refractivity contribution is -0.384. The number of nitrogens with zero attached hydrogens (tertiary/aromatic N) is 1. The molecule has 0 atom stereocenters. The van der Waals surface area contributed by atoms with E-state index in [-0.39, 0.29) is 5.69 Å². The molecule has 0 bridgehead atoms. The molecule has 1 aromatic rings. The molecule has 0 aliphatic carbocycles. The van der Waals surface area contributed by atoms with Crippen molar-refractivity contribution in [2.75, 3.05) is 5.32 Å². The van der Waals surface area contributed by atoms with Crippen molar-refractivity contribution in [3.05, 3.63) is 34.4 Å². The van der Waals surface area contributed by atoms with Crippen LogP contribution < -0.4 is 16.2 Å². The number of carbonyl (C=O) groups excluding carboxylic acids is 2. The maximum absolute atomic E-state index is 11.2. The molecule has 3 N–H and O–H groups in total. The molecule has 17 heavy (non-hydrogen) atoms. The van der Waals surface area contributed by atoms with E-state index in [9.17, 15) is 19.7 Å². The maximum atomic E-state index is 11.2. The minimum Gasteiger partial charge on any atom is -0.307 e. The molecular weight excluding hydrogens is 228 g/mol. The molecule has 0 radical (unpaired) electrons. The highest BCUT2D eigenvalue weighted by molar-refractivity contribution is 5.90. The summed E-state index contributed by atoms with van der Waals surface area (Å²) >= 11 is 0. The van der Waals surface area contributed by atoms with E-state index in [4.69, 9.17) is 0 Å². The zero-order chi connectivity index (χ0) is 12.8. The number of benzene rings is 1. The van der Waals surface area contributed by atoms with Crippen LogP contribution in [0.25, 0.3) is 0 Å². The van der Waals surface area contributed by atoms with Crippen molar-refractivity contribution in [2.45, 2.75) is 6.92 Å². The summed E-state index contributed by atoms with van der Waals surface area (Å²) in [5.41, 5.74) is 4.47. The first-order valence-corrected chi connectivity index (χ1v) is 4.57. The van der Waals surface area contributed by atoms with Gasteiger partial charge in [-0.25, -0.2) is 10.2 Å². The van der Waals surface area contributed by atoms with E-state index >= 15 is 0 Å². The number of amides is 3. The topological polar surface area (TPSA) is 113 Å². The van der Waals surface area contributed by atoms with E-state index in [1.807, 2.05) is 0 Å². The number of anilines is 1. The maximum Gasteiger partial charge on any atom is 0.337 e. The molecule has 1 rings (SSSR count). The monoisotopic (exact) mass is 238 g/mol. The van der Waals surface area contributed by atoms with E-state index in [1.165, 1.54) is 31.2 Å². The fraction of sp³-hybridized carbons (Fsp3) is 0.111. The van der Waals surface area contributed by atoms with Crippen LogP contribution in [0.3, 0.4) is 0 Å². The molecule has 8 heteroatoms. The standard InChI is InChI=1S/C9H10N4O4/c1-6(14)11-12-9(15)10-7-2-4-8(5-3-7)13(16)17/h2-5H,1H3,(H,11,14)(H2,10,12,15). The van der Waals surface area contributed by atoms with Gasteiger partial charge < -0.3 is 5.32 Å². The Morgan fingerprint density at radius 3 is 2.24 bits per heavy atom. The Morgan fingerprint density at radius 2 is 1.76 bits per heavy atom. The zero-order valence-corrected chi connectivity index (χ0v) is 8.89. The Morgan fingerprint density at radius 1 is 1.18 bits per heavy atom. The molecule has 0 fully saturated rings. The van der Waals surface area contributed by atoms with Gasteiger partial charge in [-0.05, 0) is 12.1 Å². The highest BCUT2D eigenvalue weighted by Gasteiger charge is 2.05. The Kier molecular flexibility index (Phi) is 3.98. The smallest absolute Gasteiger partial charge is 0.307 e. The average molecular weight is 238 g/mol. The predicted octanol–water partition coefficient (Wildman–Crippen LogP) is 0.767. The summed E-state index contributed by atoms with van der Waals surface area (Å²) in [6.07, 6.45) is 0. The van der Waals surface area contributed by atoms with Crippen LogP contribution in [0.4, 0.5) is 16.2 Å². The van der Waals surface area contributed by atoms with Crippen LogP contribution in [0, 0.1) is 10.1 Å². The number of carbonyl (C=O) groups is 2. The van der Waals surface area contributed by atoms with Crippen LogP contribution in [0.15, 0.2) is 24.3 Å². The first-order chi connectivity index (χ1) is 7.99. The SMILES string of the molecule is CC(=O)NNC(=O)Nc1ccc([N+](=O)[O-])cc1. The van der Waals surface area contributed by atoms with Crippen LogP contribution in [-0.2, 0) is 4.79 Å². The fourth-order valence-electron chi connectivity index (χ4n) is 0.974. The summed E-state index contributed by atoms with van der Waals surface area (Å²) in [7, 11) is 0. The van der Waals surface area contributed by atoms with E-state index in [2.05, 4.69) is 16.2 Å². The summed E-state index contributed by atoms with van der Waals surface area (Å²) in [6.45, 7) is 1.24. The summed E-state index contributed by atoms with van der Waals surface area (Å²) in [4.78, 5) is 31.5. The van der Waals surface area contributed by atoms with Crippen LogP contribution in [0.1, 0.15) is 6.92 Å². The highest BCUT2D eigenvalue weighted by atomic mass is 16.6. The number of hydrazine groups is 1. The number of hydrogen-bond donors (Lipinski definition) is 3. The second-order valence-electron chi connectivity index (χ2n) is 3.06. The Hall–Kier alpha value is -2.64. The van der Waals surface area contributed by atoms with Crippen molar-refractivity contribution >= 4 is 23.3 Å². The van der Waals surface area contributed by atoms with Gasteiger partial charge in [-0.15, -0.1) is 0 Å². The number of nitro benzene ring substituents is 1. The van der Waals surface area contributed by atoms with Gasteiger partial charge in [0.2, 0.25) is 5.91 Å². The van der Waals surface area contributed by atoms with Gasteiger partial charge >= 0.3 is 6.03 Å². The second-order valence-corrected chi connectivity index (χ2v) is 3.06. The largest absolute Gasteiger partial charge is 0.337 e. The lowest BCUT2D eigenvalue weighted by atomic mass is 10.3. The number of hydrogen-bond acceptors (Lipinski definition) is 4. The molecule has 0 saturated carbocycles. The summed E-state index contributed by atoms with van der Waals surface area (Å²) < 4.78 is 0. The van der Waals surface area contributed by atoms with Crippen LogP contribution in [0.2, 0.25) is 0 Å².